The summed E-state index contributed by atoms with van der Waals surface area (Å²) in [6.07, 6.45) is 15.9. The summed E-state index contributed by atoms with van der Waals surface area (Å²) in [6, 6.07) is 4.61. The molecular formula is C32H54N6O. The number of carbonyl (C=O) groups excluding carboxylic acids is 1. The summed E-state index contributed by atoms with van der Waals surface area (Å²) in [7, 11) is 0. The second-order valence-electron chi connectivity index (χ2n) is 14.9. The predicted octanol–water partition coefficient (Wildman–Crippen LogP) is 3.87. The highest BCUT2D eigenvalue weighted by molar-refractivity contribution is 5.79. The predicted molar refractivity (Wildman–Crippen MR) is 154 cm³/mol. The van der Waals surface area contributed by atoms with Gasteiger partial charge in [0, 0.05) is 43.2 Å². The maximum absolute atomic E-state index is 13.0. The van der Waals surface area contributed by atoms with E-state index in [1.54, 1.807) is 0 Å². The van der Waals surface area contributed by atoms with Crippen molar-refractivity contribution in [3.63, 3.8) is 0 Å². The molecule has 0 spiro atoms. The molecule has 3 aliphatic carbocycles. The van der Waals surface area contributed by atoms with Gasteiger partial charge in [0.05, 0.1) is 11.5 Å². The third kappa shape index (κ3) is 5.92. The molecule has 8 unspecified atom stereocenters. The Hall–Kier alpha value is -1.20. The van der Waals surface area contributed by atoms with Crippen LogP contribution in [0.3, 0.4) is 0 Å². The van der Waals surface area contributed by atoms with Crippen LogP contribution in [0.4, 0.5) is 0 Å². The van der Waals surface area contributed by atoms with Gasteiger partial charge >= 0.3 is 0 Å². The zero-order valence-corrected chi connectivity index (χ0v) is 24.5. The van der Waals surface area contributed by atoms with Crippen molar-refractivity contribution in [2.24, 2.45) is 46.8 Å². The Morgan fingerprint density at radius 1 is 0.821 bits per heavy atom. The highest BCUT2D eigenvalue weighted by Crippen LogP contribution is 2.48. The second-order valence-corrected chi connectivity index (χ2v) is 14.9. The van der Waals surface area contributed by atoms with Crippen LogP contribution in [-0.2, 0) is 4.79 Å². The molecule has 3 saturated heterocycles. The van der Waals surface area contributed by atoms with Crippen molar-refractivity contribution in [1.82, 2.24) is 26.8 Å². The van der Waals surface area contributed by atoms with Crippen molar-refractivity contribution in [3.8, 4) is 6.07 Å². The Balaban J connectivity index is 1.07. The van der Waals surface area contributed by atoms with Gasteiger partial charge in [0.15, 0.2) is 0 Å². The first-order chi connectivity index (χ1) is 18.9. The van der Waals surface area contributed by atoms with Gasteiger partial charge in [-0.05, 0) is 120 Å². The minimum Gasteiger partial charge on any atom is -0.352 e. The molecule has 0 bridgehead atoms. The van der Waals surface area contributed by atoms with Crippen LogP contribution in [0.25, 0.3) is 0 Å². The third-order valence-corrected chi connectivity index (χ3v) is 12.3. The number of hydrazine groups is 1. The molecule has 0 aromatic rings. The standard InChI is InChI=1S/C32H54N6O/c1-32(2,19-33)24-11-8-20(9-12-24)30-29-26-15-22(10-13-27(26)35-18-28(29)37-38-30)23-14-25(17-34-16-23)36-31(39)21-6-4-3-5-7-21/h20-30,34-35,37-38H,3-18H2,1-2H3,(H,36,39). The largest absolute Gasteiger partial charge is 0.352 e. The average Bonchev–Trinajstić information content (AvgIpc) is 3.42. The molecule has 7 nitrogen and oxygen atoms in total. The molecule has 0 aromatic carbocycles. The topological polar surface area (TPSA) is 101 Å². The van der Waals surface area contributed by atoms with E-state index in [0.717, 1.165) is 50.7 Å². The summed E-state index contributed by atoms with van der Waals surface area (Å²) in [5.41, 5.74) is 7.33. The van der Waals surface area contributed by atoms with E-state index in [0.29, 0.717) is 53.7 Å². The summed E-state index contributed by atoms with van der Waals surface area (Å²) >= 11 is 0. The van der Waals surface area contributed by atoms with E-state index < -0.39 is 0 Å². The monoisotopic (exact) mass is 538 g/mol. The van der Waals surface area contributed by atoms with Gasteiger partial charge in [-0.1, -0.05) is 19.3 Å². The Kier molecular flexibility index (Phi) is 8.57. The van der Waals surface area contributed by atoms with Gasteiger partial charge in [-0.25, -0.2) is 0 Å². The molecule has 8 atom stereocenters. The first kappa shape index (κ1) is 27.9. The molecule has 3 aliphatic heterocycles. The lowest BCUT2D eigenvalue weighted by Crippen LogP contribution is -2.59. The summed E-state index contributed by atoms with van der Waals surface area (Å²) in [4.78, 5) is 13.0. The van der Waals surface area contributed by atoms with Crippen LogP contribution in [-0.4, -0.2) is 49.7 Å². The van der Waals surface area contributed by atoms with E-state index >= 15 is 0 Å². The highest BCUT2D eigenvalue weighted by atomic mass is 16.1. The summed E-state index contributed by atoms with van der Waals surface area (Å²) in [5.74, 6) is 4.66. The van der Waals surface area contributed by atoms with E-state index in [-0.39, 0.29) is 11.3 Å². The van der Waals surface area contributed by atoms with Gasteiger partial charge in [-0.3, -0.25) is 15.6 Å². The molecular weight excluding hydrogens is 484 g/mol. The van der Waals surface area contributed by atoms with Gasteiger partial charge < -0.3 is 16.0 Å². The molecule has 218 valence electrons. The van der Waals surface area contributed by atoms with E-state index in [1.807, 2.05) is 0 Å². The second kappa shape index (κ2) is 12.0. The highest BCUT2D eigenvalue weighted by Gasteiger charge is 2.52. The molecule has 5 N–H and O–H groups in total. The summed E-state index contributed by atoms with van der Waals surface area (Å²) in [6.45, 7) is 7.39. The molecule has 7 heteroatoms. The quantitative estimate of drug-likeness (QED) is 0.364. The van der Waals surface area contributed by atoms with Crippen molar-refractivity contribution in [2.45, 2.75) is 121 Å². The van der Waals surface area contributed by atoms with Gasteiger partial charge in [0.1, 0.15) is 0 Å². The SMILES string of the molecule is CC(C)(C#N)C1CCC(C2NNC3CNC4CCC(C5CNCC(NC(=O)C6CCCCC6)C5)CC4C32)CC1. The van der Waals surface area contributed by atoms with Crippen molar-refractivity contribution in [1.29, 1.82) is 5.26 Å². The van der Waals surface area contributed by atoms with Crippen LogP contribution in [0.2, 0.25) is 0 Å². The fourth-order valence-electron chi connectivity index (χ4n) is 9.87. The van der Waals surface area contributed by atoms with Crippen LogP contribution in [0, 0.1) is 58.2 Å². The summed E-state index contributed by atoms with van der Waals surface area (Å²) < 4.78 is 0. The van der Waals surface area contributed by atoms with Gasteiger partial charge in [-0.15, -0.1) is 0 Å². The Bertz CT molecular complexity index is 888. The number of fused-ring (bicyclic) bond motifs is 3. The molecule has 6 fully saturated rings. The smallest absolute Gasteiger partial charge is 0.223 e. The Morgan fingerprint density at radius 3 is 2.36 bits per heavy atom. The number of hydrogen-bond donors (Lipinski definition) is 5. The van der Waals surface area contributed by atoms with E-state index in [2.05, 4.69) is 46.7 Å². The molecule has 3 saturated carbocycles. The van der Waals surface area contributed by atoms with E-state index in [1.165, 1.54) is 64.2 Å². The van der Waals surface area contributed by atoms with Crippen LogP contribution in [0.1, 0.15) is 97.3 Å². The molecule has 0 aromatic heterocycles. The van der Waals surface area contributed by atoms with Gasteiger partial charge in [-0.2, -0.15) is 5.26 Å². The first-order valence-electron chi connectivity index (χ1n) is 16.6. The van der Waals surface area contributed by atoms with Crippen LogP contribution in [0.15, 0.2) is 0 Å². The van der Waals surface area contributed by atoms with Crippen molar-refractivity contribution >= 4 is 5.91 Å². The lowest BCUT2D eigenvalue weighted by atomic mass is 9.60. The molecule has 6 aliphatic rings. The molecule has 3 heterocycles. The number of nitriles is 1. The number of amides is 1. The number of piperidine rings is 2. The number of nitrogens with one attached hydrogen (secondary N) is 5. The van der Waals surface area contributed by atoms with Crippen molar-refractivity contribution < 1.29 is 4.79 Å². The Labute approximate surface area is 236 Å². The van der Waals surface area contributed by atoms with Crippen molar-refractivity contribution in [3.05, 3.63) is 0 Å². The number of nitrogens with zero attached hydrogens (tertiary/aromatic N) is 1. The fraction of sp³-hybridized carbons (Fsp3) is 0.938. The Morgan fingerprint density at radius 2 is 1.59 bits per heavy atom. The van der Waals surface area contributed by atoms with Crippen LogP contribution in [0.5, 0.6) is 0 Å². The normalized spacial score (nSPS) is 43.6. The van der Waals surface area contributed by atoms with E-state index in [4.69, 9.17) is 0 Å². The van der Waals surface area contributed by atoms with E-state index in [9.17, 15) is 10.1 Å². The average molecular weight is 539 g/mol. The van der Waals surface area contributed by atoms with Crippen LogP contribution >= 0.6 is 0 Å². The third-order valence-electron chi connectivity index (χ3n) is 12.3. The molecule has 6 rings (SSSR count). The number of hydrogen-bond acceptors (Lipinski definition) is 6. The lowest BCUT2D eigenvalue weighted by molar-refractivity contribution is -0.127. The minimum absolute atomic E-state index is 0.201. The number of rotatable bonds is 5. The summed E-state index contributed by atoms with van der Waals surface area (Å²) in [5, 5.41) is 20.8. The van der Waals surface area contributed by atoms with Gasteiger partial charge in [0.25, 0.3) is 0 Å². The zero-order valence-electron chi connectivity index (χ0n) is 24.5. The molecule has 39 heavy (non-hydrogen) atoms. The molecule has 1 amide bonds. The fourth-order valence-corrected chi connectivity index (χ4v) is 9.87. The first-order valence-corrected chi connectivity index (χ1v) is 16.6. The lowest BCUT2D eigenvalue weighted by Gasteiger charge is -2.50. The zero-order chi connectivity index (χ0) is 27.0. The van der Waals surface area contributed by atoms with Crippen molar-refractivity contribution in [2.75, 3.05) is 19.6 Å². The molecule has 0 radical (unpaired) electrons. The minimum atomic E-state index is -0.201. The number of carbonyl (C=O) groups is 1. The maximum Gasteiger partial charge on any atom is 0.223 e. The maximum atomic E-state index is 13.0. The van der Waals surface area contributed by atoms with Crippen LogP contribution < -0.4 is 26.8 Å². The van der Waals surface area contributed by atoms with Gasteiger partial charge in [0.2, 0.25) is 5.91 Å².